The minimum absolute atomic E-state index is 0.0285. The maximum Gasteiger partial charge on any atom is 0.233 e. The Morgan fingerprint density at radius 1 is 1.50 bits per heavy atom. The quantitative estimate of drug-likeness (QED) is 0.828. The molecule has 1 atom stereocenters. The van der Waals surface area contributed by atoms with E-state index in [4.69, 9.17) is 0 Å². The Labute approximate surface area is 133 Å². The van der Waals surface area contributed by atoms with E-state index in [-0.39, 0.29) is 11.2 Å². The van der Waals surface area contributed by atoms with Gasteiger partial charge < -0.3 is 5.32 Å². The molecule has 22 heavy (non-hydrogen) atoms. The van der Waals surface area contributed by atoms with Gasteiger partial charge in [-0.3, -0.25) is 14.3 Å². The summed E-state index contributed by atoms with van der Waals surface area (Å²) in [5.74, 6) is 0.863. The highest BCUT2D eigenvalue weighted by molar-refractivity contribution is 8.00. The van der Waals surface area contributed by atoms with E-state index in [9.17, 15) is 4.79 Å². The first-order valence-corrected chi connectivity index (χ1v) is 8.38. The van der Waals surface area contributed by atoms with Crippen LogP contribution in [0.2, 0.25) is 0 Å². The van der Waals surface area contributed by atoms with Crippen LogP contribution in [0.1, 0.15) is 32.7 Å². The number of aromatic nitrogens is 4. The molecule has 116 valence electrons. The molecule has 0 unspecified atom stereocenters. The topological polar surface area (TPSA) is 72.7 Å². The van der Waals surface area contributed by atoms with Crippen LogP contribution in [0.25, 0.3) is 11.4 Å². The van der Waals surface area contributed by atoms with Crippen molar-refractivity contribution in [3.63, 3.8) is 0 Å². The van der Waals surface area contributed by atoms with Gasteiger partial charge >= 0.3 is 0 Å². The van der Waals surface area contributed by atoms with E-state index in [2.05, 4.69) is 25.1 Å². The molecule has 1 aliphatic carbocycles. The lowest BCUT2D eigenvalue weighted by Crippen LogP contribution is -2.30. The van der Waals surface area contributed by atoms with Gasteiger partial charge in [-0.05, 0) is 38.8 Å². The fraction of sp³-hybridized carbons (Fsp3) is 0.467. The Morgan fingerprint density at radius 2 is 2.32 bits per heavy atom. The molecule has 1 N–H and O–H groups in total. The Bertz CT molecular complexity index is 653. The smallest absolute Gasteiger partial charge is 0.233 e. The monoisotopic (exact) mass is 317 g/mol. The molecule has 0 aromatic carbocycles. The fourth-order valence-electron chi connectivity index (χ4n) is 2.24. The summed E-state index contributed by atoms with van der Waals surface area (Å²) >= 11 is 1.46. The van der Waals surface area contributed by atoms with Crippen molar-refractivity contribution in [1.29, 1.82) is 0 Å². The van der Waals surface area contributed by atoms with E-state index in [1.165, 1.54) is 11.8 Å². The summed E-state index contributed by atoms with van der Waals surface area (Å²) in [7, 11) is 0. The SMILES string of the molecule is CCNC(=O)[C@H](C)Sc1nnc(-c2cccnc2)n1C1CC1. The van der Waals surface area contributed by atoms with Crippen LogP contribution in [0.15, 0.2) is 29.7 Å². The number of nitrogens with zero attached hydrogens (tertiary/aromatic N) is 4. The minimum Gasteiger partial charge on any atom is -0.355 e. The van der Waals surface area contributed by atoms with Crippen LogP contribution >= 0.6 is 11.8 Å². The van der Waals surface area contributed by atoms with Crippen molar-refractivity contribution >= 4 is 17.7 Å². The average molecular weight is 317 g/mol. The predicted octanol–water partition coefficient (Wildman–Crippen LogP) is 2.29. The van der Waals surface area contributed by atoms with Crippen LogP contribution in [0.3, 0.4) is 0 Å². The molecule has 0 spiro atoms. The van der Waals surface area contributed by atoms with E-state index < -0.39 is 0 Å². The van der Waals surface area contributed by atoms with Gasteiger partial charge in [-0.2, -0.15) is 0 Å². The van der Waals surface area contributed by atoms with E-state index in [1.54, 1.807) is 12.4 Å². The van der Waals surface area contributed by atoms with E-state index in [0.717, 1.165) is 29.4 Å². The van der Waals surface area contributed by atoms with Gasteiger partial charge in [-0.25, -0.2) is 0 Å². The average Bonchev–Trinajstić information content (AvgIpc) is 3.29. The molecule has 7 heteroatoms. The highest BCUT2D eigenvalue weighted by Crippen LogP contribution is 2.41. The van der Waals surface area contributed by atoms with Crippen molar-refractivity contribution in [2.75, 3.05) is 6.54 Å². The minimum atomic E-state index is -0.191. The zero-order chi connectivity index (χ0) is 15.5. The van der Waals surface area contributed by atoms with E-state index in [1.807, 2.05) is 26.0 Å². The first-order chi connectivity index (χ1) is 10.7. The van der Waals surface area contributed by atoms with Gasteiger partial charge in [0.15, 0.2) is 11.0 Å². The first kappa shape index (κ1) is 15.0. The molecular weight excluding hydrogens is 298 g/mol. The Hall–Kier alpha value is -1.89. The molecule has 0 aliphatic heterocycles. The van der Waals surface area contributed by atoms with Gasteiger partial charge in [0.2, 0.25) is 5.91 Å². The van der Waals surface area contributed by atoms with Crippen LogP contribution in [0.5, 0.6) is 0 Å². The molecule has 0 bridgehead atoms. The number of pyridine rings is 1. The van der Waals surface area contributed by atoms with Crippen LogP contribution in [-0.2, 0) is 4.79 Å². The number of rotatable bonds is 6. The third-order valence-electron chi connectivity index (χ3n) is 3.50. The maximum absolute atomic E-state index is 11.9. The lowest BCUT2D eigenvalue weighted by molar-refractivity contribution is -0.120. The second-order valence-corrected chi connectivity index (χ2v) is 6.61. The summed E-state index contributed by atoms with van der Waals surface area (Å²) in [5, 5.41) is 12.1. The van der Waals surface area contributed by atoms with Crippen LogP contribution < -0.4 is 5.32 Å². The van der Waals surface area contributed by atoms with Crippen molar-refractivity contribution in [1.82, 2.24) is 25.1 Å². The second kappa shape index (κ2) is 6.48. The van der Waals surface area contributed by atoms with E-state index in [0.29, 0.717) is 12.6 Å². The number of nitrogens with one attached hydrogen (secondary N) is 1. The van der Waals surface area contributed by atoms with Crippen LogP contribution in [-0.4, -0.2) is 37.5 Å². The molecular formula is C15H19N5OS. The molecule has 6 nitrogen and oxygen atoms in total. The van der Waals surface area contributed by atoms with Gasteiger partial charge in [-0.15, -0.1) is 10.2 Å². The normalized spacial score (nSPS) is 15.5. The van der Waals surface area contributed by atoms with Crippen molar-refractivity contribution in [3.8, 4) is 11.4 Å². The van der Waals surface area contributed by atoms with Gasteiger partial charge in [0.1, 0.15) is 0 Å². The summed E-state index contributed by atoms with van der Waals surface area (Å²) in [6.07, 6.45) is 5.81. The highest BCUT2D eigenvalue weighted by atomic mass is 32.2. The summed E-state index contributed by atoms with van der Waals surface area (Å²) in [6.45, 7) is 4.45. The second-order valence-electron chi connectivity index (χ2n) is 5.30. The highest BCUT2D eigenvalue weighted by Gasteiger charge is 2.31. The number of carbonyl (C=O) groups is 1. The summed E-state index contributed by atoms with van der Waals surface area (Å²) in [6, 6.07) is 4.32. The Morgan fingerprint density at radius 3 is 2.95 bits per heavy atom. The predicted molar refractivity (Wildman–Crippen MR) is 85.5 cm³/mol. The maximum atomic E-state index is 11.9. The fourth-order valence-corrected chi connectivity index (χ4v) is 3.18. The van der Waals surface area contributed by atoms with Crippen LogP contribution in [0, 0.1) is 0 Å². The number of carbonyl (C=O) groups excluding carboxylic acids is 1. The molecule has 2 aromatic heterocycles. The largest absolute Gasteiger partial charge is 0.355 e. The Kier molecular flexibility index (Phi) is 4.42. The van der Waals surface area contributed by atoms with Crippen molar-refractivity contribution in [2.24, 2.45) is 0 Å². The lowest BCUT2D eigenvalue weighted by atomic mass is 10.3. The summed E-state index contributed by atoms with van der Waals surface area (Å²) < 4.78 is 2.15. The molecule has 0 saturated heterocycles. The van der Waals surface area contributed by atoms with Gasteiger partial charge in [0, 0.05) is 30.5 Å². The zero-order valence-electron chi connectivity index (χ0n) is 12.7. The number of hydrogen-bond acceptors (Lipinski definition) is 5. The third kappa shape index (κ3) is 3.14. The summed E-state index contributed by atoms with van der Waals surface area (Å²) in [4.78, 5) is 16.1. The molecule has 1 saturated carbocycles. The van der Waals surface area contributed by atoms with Crippen LogP contribution in [0.4, 0.5) is 0 Å². The lowest BCUT2D eigenvalue weighted by Gasteiger charge is -2.12. The number of hydrogen-bond donors (Lipinski definition) is 1. The molecule has 3 rings (SSSR count). The molecule has 2 heterocycles. The molecule has 1 fully saturated rings. The molecule has 0 radical (unpaired) electrons. The Balaban J connectivity index is 1.86. The van der Waals surface area contributed by atoms with Gasteiger partial charge in [0.05, 0.1) is 5.25 Å². The standard InChI is InChI=1S/C15H19N5OS/c1-3-17-14(21)10(2)22-15-19-18-13(20(15)12-6-7-12)11-5-4-8-16-9-11/h4-5,8-10,12H,3,6-7H2,1-2H3,(H,17,21)/t10-/m0/s1. The van der Waals surface area contributed by atoms with Gasteiger partial charge in [-0.1, -0.05) is 11.8 Å². The molecule has 1 amide bonds. The number of amides is 1. The summed E-state index contributed by atoms with van der Waals surface area (Å²) in [5.41, 5.74) is 0.958. The van der Waals surface area contributed by atoms with Gasteiger partial charge in [0.25, 0.3) is 0 Å². The van der Waals surface area contributed by atoms with Crippen molar-refractivity contribution in [3.05, 3.63) is 24.5 Å². The van der Waals surface area contributed by atoms with Crippen molar-refractivity contribution < 1.29 is 4.79 Å². The molecule has 1 aliphatic rings. The first-order valence-electron chi connectivity index (χ1n) is 7.50. The molecule has 2 aromatic rings. The number of thioether (sulfide) groups is 1. The van der Waals surface area contributed by atoms with E-state index >= 15 is 0 Å². The zero-order valence-corrected chi connectivity index (χ0v) is 13.5. The third-order valence-corrected chi connectivity index (χ3v) is 4.56. The van der Waals surface area contributed by atoms with Crippen molar-refractivity contribution in [2.45, 2.75) is 43.1 Å².